The summed E-state index contributed by atoms with van der Waals surface area (Å²) in [5.41, 5.74) is 3.50. The van der Waals surface area contributed by atoms with Gasteiger partial charge in [0.05, 0.1) is 23.2 Å². The number of para-hydroxylation sites is 3. The highest BCUT2D eigenvalue weighted by Gasteiger charge is 2.11. The van der Waals surface area contributed by atoms with Crippen molar-refractivity contribution >= 4 is 34.3 Å². The van der Waals surface area contributed by atoms with E-state index in [4.69, 9.17) is 9.47 Å². The fourth-order valence-corrected chi connectivity index (χ4v) is 3.26. The minimum Gasteiger partial charge on any atom is -0.490 e. The molecule has 4 rings (SSSR count). The highest BCUT2D eigenvalue weighted by molar-refractivity contribution is 5.92. The molecule has 0 saturated heterocycles. The van der Waals surface area contributed by atoms with Crippen molar-refractivity contribution < 1.29 is 14.3 Å². The van der Waals surface area contributed by atoms with Crippen molar-refractivity contribution in [1.82, 2.24) is 9.97 Å². The third kappa shape index (κ3) is 5.38. The smallest absolute Gasteiger partial charge is 0.262 e. The van der Waals surface area contributed by atoms with Gasteiger partial charge in [-0.05, 0) is 55.0 Å². The van der Waals surface area contributed by atoms with Crippen molar-refractivity contribution in [3.8, 4) is 17.6 Å². The summed E-state index contributed by atoms with van der Waals surface area (Å²) < 4.78 is 11.4. The number of aromatic nitrogens is 2. The Morgan fingerprint density at radius 2 is 1.85 bits per heavy atom. The summed E-state index contributed by atoms with van der Waals surface area (Å²) in [6.07, 6.45) is 1.73. The first-order chi connectivity index (χ1) is 16.2. The van der Waals surface area contributed by atoms with E-state index in [1.165, 1.54) is 0 Å². The van der Waals surface area contributed by atoms with Gasteiger partial charge in [0.1, 0.15) is 11.9 Å². The van der Waals surface area contributed by atoms with Crippen LogP contribution in [0.4, 0.5) is 5.69 Å². The Balaban J connectivity index is 1.52. The Morgan fingerprint density at radius 3 is 2.61 bits per heavy atom. The number of nitrogens with zero attached hydrogens (tertiary/aromatic N) is 2. The van der Waals surface area contributed by atoms with E-state index >= 15 is 0 Å². The summed E-state index contributed by atoms with van der Waals surface area (Å²) in [6.45, 7) is 2.13. The minimum atomic E-state index is -0.274. The van der Waals surface area contributed by atoms with Crippen molar-refractivity contribution in [3.63, 3.8) is 0 Å². The Hall–Kier alpha value is -4.57. The largest absolute Gasteiger partial charge is 0.490 e. The molecule has 7 nitrogen and oxygen atoms in total. The maximum atomic E-state index is 12.2. The molecule has 0 radical (unpaired) electrons. The van der Waals surface area contributed by atoms with Crippen molar-refractivity contribution in [2.75, 3.05) is 18.5 Å². The zero-order chi connectivity index (χ0) is 23.0. The van der Waals surface area contributed by atoms with Gasteiger partial charge in [-0.2, -0.15) is 5.26 Å². The number of hydrogen-bond donors (Lipinski definition) is 2. The number of carbonyl (C=O) groups is 1. The van der Waals surface area contributed by atoms with Gasteiger partial charge < -0.3 is 19.8 Å². The van der Waals surface area contributed by atoms with Crippen LogP contribution in [0, 0.1) is 11.3 Å². The molecular formula is C26H22N4O3. The molecule has 2 N–H and O–H groups in total. The van der Waals surface area contributed by atoms with Crippen LogP contribution in [0.5, 0.6) is 11.5 Å². The van der Waals surface area contributed by atoms with Gasteiger partial charge in [0.15, 0.2) is 18.1 Å². The van der Waals surface area contributed by atoms with Gasteiger partial charge in [-0.1, -0.05) is 36.4 Å². The van der Waals surface area contributed by atoms with E-state index in [-0.39, 0.29) is 12.5 Å². The topological polar surface area (TPSA) is 100 Å². The number of aromatic amines is 1. The van der Waals surface area contributed by atoms with E-state index in [1.807, 2.05) is 49.4 Å². The summed E-state index contributed by atoms with van der Waals surface area (Å²) in [6, 6.07) is 24.3. The predicted molar refractivity (Wildman–Crippen MR) is 128 cm³/mol. The number of nitriles is 1. The standard InChI is InChI=1S/C26H22N4O3/c1-2-32-24-15-18(14-19(16-27)26-29-21-10-6-7-11-22(21)30-26)12-13-23(24)33-17-25(31)28-20-8-4-3-5-9-20/h3-15H,2,17H2,1H3,(H,28,31)(H,29,30)/b19-14+. The highest BCUT2D eigenvalue weighted by Crippen LogP contribution is 2.30. The van der Waals surface area contributed by atoms with Crippen LogP contribution in [0.1, 0.15) is 18.3 Å². The Bertz CT molecular complexity index is 1300. The van der Waals surface area contributed by atoms with Gasteiger partial charge in [0.2, 0.25) is 0 Å². The van der Waals surface area contributed by atoms with Crippen LogP contribution in [0.15, 0.2) is 72.8 Å². The fraction of sp³-hybridized carbons (Fsp3) is 0.115. The maximum Gasteiger partial charge on any atom is 0.262 e. The number of rotatable bonds is 8. The molecule has 1 amide bonds. The molecule has 4 aromatic rings. The van der Waals surface area contributed by atoms with Crippen LogP contribution >= 0.6 is 0 Å². The first-order valence-electron chi connectivity index (χ1n) is 10.5. The zero-order valence-corrected chi connectivity index (χ0v) is 18.0. The van der Waals surface area contributed by atoms with Gasteiger partial charge >= 0.3 is 0 Å². The normalized spacial score (nSPS) is 11.1. The molecule has 0 bridgehead atoms. The number of anilines is 1. The molecule has 0 unspecified atom stereocenters. The van der Waals surface area contributed by atoms with E-state index in [1.54, 1.807) is 36.4 Å². The number of benzene rings is 3. The highest BCUT2D eigenvalue weighted by atomic mass is 16.5. The quantitative estimate of drug-likeness (QED) is 0.375. The molecule has 7 heteroatoms. The molecule has 0 spiro atoms. The lowest BCUT2D eigenvalue weighted by Crippen LogP contribution is -2.20. The Kier molecular flexibility index (Phi) is 6.67. The summed E-state index contributed by atoms with van der Waals surface area (Å²) >= 11 is 0. The van der Waals surface area contributed by atoms with E-state index in [2.05, 4.69) is 21.4 Å². The number of amides is 1. The van der Waals surface area contributed by atoms with Crippen LogP contribution in [-0.4, -0.2) is 29.1 Å². The number of hydrogen-bond acceptors (Lipinski definition) is 5. The average Bonchev–Trinajstić information content (AvgIpc) is 3.27. The molecule has 0 aliphatic rings. The number of carbonyl (C=O) groups excluding carboxylic acids is 1. The summed E-state index contributed by atoms with van der Waals surface area (Å²) in [4.78, 5) is 19.9. The van der Waals surface area contributed by atoms with E-state index in [0.717, 1.165) is 16.6 Å². The van der Waals surface area contributed by atoms with Crippen molar-refractivity contribution in [1.29, 1.82) is 5.26 Å². The van der Waals surface area contributed by atoms with E-state index in [9.17, 15) is 10.1 Å². The Morgan fingerprint density at radius 1 is 1.06 bits per heavy atom. The average molecular weight is 438 g/mol. The third-order valence-corrected chi connectivity index (χ3v) is 4.76. The molecule has 1 heterocycles. The van der Waals surface area contributed by atoms with Crippen molar-refractivity contribution in [3.05, 3.63) is 84.2 Å². The molecule has 3 aromatic carbocycles. The number of allylic oxidation sites excluding steroid dienone is 1. The molecule has 0 atom stereocenters. The molecule has 0 aliphatic carbocycles. The van der Waals surface area contributed by atoms with Crippen LogP contribution in [0.25, 0.3) is 22.7 Å². The Labute approximate surface area is 191 Å². The molecule has 1 aromatic heterocycles. The zero-order valence-electron chi connectivity index (χ0n) is 18.0. The number of H-pyrrole nitrogens is 1. The van der Waals surface area contributed by atoms with Gasteiger partial charge in [-0.3, -0.25) is 4.79 Å². The van der Waals surface area contributed by atoms with Crippen LogP contribution in [-0.2, 0) is 4.79 Å². The van der Waals surface area contributed by atoms with E-state index < -0.39 is 0 Å². The van der Waals surface area contributed by atoms with Crippen LogP contribution in [0.2, 0.25) is 0 Å². The number of nitrogens with one attached hydrogen (secondary N) is 2. The summed E-state index contributed by atoms with van der Waals surface area (Å²) in [5, 5.41) is 12.5. The van der Waals surface area contributed by atoms with Gasteiger partial charge in [0, 0.05) is 5.69 Å². The van der Waals surface area contributed by atoms with Crippen molar-refractivity contribution in [2.24, 2.45) is 0 Å². The molecule has 0 aliphatic heterocycles. The van der Waals surface area contributed by atoms with Crippen LogP contribution < -0.4 is 14.8 Å². The molecule has 0 fully saturated rings. The van der Waals surface area contributed by atoms with Gasteiger partial charge in [-0.15, -0.1) is 0 Å². The van der Waals surface area contributed by atoms with E-state index in [0.29, 0.717) is 35.2 Å². The number of fused-ring (bicyclic) bond motifs is 1. The second-order valence-electron chi connectivity index (χ2n) is 7.11. The lowest BCUT2D eigenvalue weighted by molar-refractivity contribution is -0.118. The van der Waals surface area contributed by atoms with Crippen LogP contribution in [0.3, 0.4) is 0 Å². The van der Waals surface area contributed by atoms with Gasteiger partial charge in [0.25, 0.3) is 5.91 Å². The monoisotopic (exact) mass is 438 g/mol. The summed E-state index contributed by atoms with van der Waals surface area (Å²) in [7, 11) is 0. The van der Waals surface area contributed by atoms with Crippen molar-refractivity contribution in [2.45, 2.75) is 6.92 Å². The summed E-state index contributed by atoms with van der Waals surface area (Å²) in [5.74, 6) is 1.15. The predicted octanol–water partition coefficient (Wildman–Crippen LogP) is 5.04. The lowest BCUT2D eigenvalue weighted by atomic mass is 10.1. The molecular weight excluding hydrogens is 416 g/mol. The fourth-order valence-electron chi connectivity index (χ4n) is 3.26. The number of imidazole rings is 1. The first-order valence-corrected chi connectivity index (χ1v) is 10.5. The maximum absolute atomic E-state index is 12.2. The van der Waals surface area contributed by atoms with Gasteiger partial charge in [-0.25, -0.2) is 4.98 Å². The minimum absolute atomic E-state index is 0.160. The molecule has 33 heavy (non-hydrogen) atoms. The lowest BCUT2D eigenvalue weighted by Gasteiger charge is -2.13. The third-order valence-electron chi connectivity index (χ3n) is 4.76. The first kappa shape index (κ1) is 21.7. The number of ether oxygens (including phenoxy) is 2. The molecule has 164 valence electrons. The second-order valence-corrected chi connectivity index (χ2v) is 7.11. The second kappa shape index (κ2) is 10.2. The SMILES string of the molecule is CCOc1cc(/C=C(\C#N)c2nc3ccccc3[nH]2)ccc1OCC(=O)Nc1ccccc1. The molecule has 0 saturated carbocycles.